The molecule has 0 spiro atoms. The van der Waals surface area contributed by atoms with Crippen molar-refractivity contribution in [2.24, 2.45) is 0 Å². The molecular weight excluding hydrogens is 252 g/mol. The van der Waals surface area contributed by atoms with Crippen molar-refractivity contribution in [3.8, 4) is 17.0 Å². The maximum Gasteiger partial charge on any atom is 0.138 e. The van der Waals surface area contributed by atoms with E-state index in [0.29, 0.717) is 0 Å². The van der Waals surface area contributed by atoms with E-state index in [1.54, 1.807) is 7.11 Å². The van der Waals surface area contributed by atoms with Crippen LogP contribution < -0.4 is 4.74 Å². The molecule has 0 saturated heterocycles. The van der Waals surface area contributed by atoms with Gasteiger partial charge in [0.25, 0.3) is 0 Å². The van der Waals surface area contributed by atoms with E-state index >= 15 is 0 Å². The Morgan fingerprint density at radius 1 is 1.25 bits per heavy atom. The van der Waals surface area contributed by atoms with Crippen LogP contribution in [0.5, 0.6) is 5.75 Å². The molecule has 0 saturated carbocycles. The Hall–Kier alpha value is -2.33. The highest BCUT2D eigenvalue weighted by atomic mass is 16.5. The van der Waals surface area contributed by atoms with Crippen LogP contribution in [-0.2, 0) is 6.61 Å². The molecule has 0 aliphatic carbocycles. The third-order valence-electron chi connectivity index (χ3n) is 3.39. The molecule has 20 heavy (non-hydrogen) atoms. The number of methoxy groups -OCH3 is 1. The number of hydrogen-bond acceptors (Lipinski definition) is 3. The van der Waals surface area contributed by atoms with Gasteiger partial charge >= 0.3 is 0 Å². The molecule has 3 rings (SSSR count). The maximum absolute atomic E-state index is 9.70. The Kier molecular flexibility index (Phi) is 3.16. The van der Waals surface area contributed by atoms with E-state index in [-0.39, 0.29) is 6.61 Å². The molecule has 0 radical (unpaired) electrons. The number of pyridine rings is 1. The third kappa shape index (κ3) is 1.94. The summed E-state index contributed by atoms with van der Waals surface area (Å²) >= 11 is 0. The van der Waals surface area contributed by atoms with Gasteiger partial charge in [-0.15, -0.1) is 0 Å². The first-order chi connectivity index (χ1) is 9.74. The van der Waals surface area contributed by atoms with Crippen molar-refractivity contribution in [2.75, 3.05) is 7.11 Å². The predicted octanol–water partition coefficient (Wildman–Crippen LogP) is 2.81. The van der Waals surface area contributed by atoms with Crippen LogP contribution in [0.4, 0.5) is 0 Å². The topological polar surface area (TPSA) is 46.8 Å². The summed E-state index contributed by atoms with van der Waals surface area (Å²) in [5.74, 6) is 0.752. The highest BCUT2D eigenvalue weighted by molar-refractivity contribution is 5.72. The van der Waals surface area contributed by atoms with E-state index in [2.05, 4.69) is 4.98 Å². The maximum atomic E-state index is 9.70. The number of fused-ring (bicyclic) bond motifs is 1. The molecule has 1 aromatic carbocycles. The van der Waals surface area contributed by atoms with Crippen LogP contribution in [0, 0.1) is 6.92 Å². The van der Waals surface area contributed by atoms with Crippen LogP contribution in [0.1, 0.15) is 11.3 Å². The number of hydrogen-bond donors (Lipinski definition) is 1. The van der Waals surface area contributed by atoms with Crippen LogP contribution in [0.15, 0.2) is 42.6 Å². The highest BCUT2D eigenvalue weighted by Gasteiger charge is 2.16. The van der Waals surface area contributed by atoms with Gasteiger partial charge in [-0.25, -0.2) is 4.98 Å². The second kappa shape index (κ2) is 4.98. The molecule has 3 aromatic rings. The number of para-hydroxylation sites is 1. The lowest BCUT2D eigenvalue weighted by Crippen LogP contribution is -1.95. The zero-order chi connectivity index (χ0) is 14.1. The lowest BCUT2D eigenvalue weighted by atomic mass is 10.1. The van der Waals surface area contributed by atoms with Gasteiger partial charge < -0.3 is 14.2 Å². The van der Waals surface area contributed by atoms with E-state index in [1.165, 1.54) is 0 Å². The molecule has 0 unspecified atom stereocenters. The fraction of sp³-hybridized carbons (Fsp3) is 0.188. The molecule has 2 aromatic heterocycles. The first-order valence-electron chi connectivity index (χ1n) is 6.46. The summed E-state index contributed by atoms with van der Waals surface area (Å²) in [6.07, 6.45) is 1.93. The molecule has 0 fully saturated rings. The van der Waals surface area contributed by atoms with Crippen molar-refractivity contribution in [1.29, 1.82) is 0 Å². The number of imidazole rings is 1. The molecule has 0 bridgehead atoms. The van der Waals surface area contributed by atoms with E-state index in [0.717, 1.165) is 33.9 Å². The molecular formula is C16H16N2O2. The second-order valence-corrected chi connectivity index (χ2v) is 4.70. The molecule has 0 amide bonds. The summed E-state index contributed by atoms with van der Waals surface area (Å²) in [5, 5.41) is 9.70. The normalized spacial score (nSPS) is 10.9. The van der Waals surface area contributed by atoms with Gasteiger partial charge in [0.15, 0.2) is 0 Å². The summed E-state index contributed by atoms with van der Waals surface area (Å²) in [5.41, 5.74) is 4.38. The SMILES string of the molecule is COc1ccccc1-c1nc2cc(C)ccn2c1CO. The molecule has 4 nitrogen and oxygen atoms in total. The quantitative estimate of drug-likeness (QED) is 0.794. The molecule has 0 aliphatic rings. The summed E-state index contributed by atoms with van der Waals surface area (Å²) in [4.78, 5) is 4.65. The standard InChI is InChI=1S/C16H16N2O2/c1-11-7-8-18-13(10-19)16(17-15(18)9-11)12-5-3-4-6-14(12)20-2/h3-9,19H,10H2,1-2H3. The molecule has 1 N–H and O–H groups in total. The van der Waals surface area contributed by atoms with E-state index in [1.807, 2.05) is 53.9 Å². The number of aromatic nitrogens is 2. The molecule has 4 heteroatoms. The van der Waals surface area contributed by atoms with E-state index < -0.39 is 0 Å². The Labute approximate surface area is 117 Å². The molecule has 0 atom stereocenters. The van der Waals surface area contributed by atoms with Gasteiger partial charge in [-0.1, -0.05) is 12.1 Å². The average Bonchev–Trinajstić information content (AvgIpc) is 2.84. The van der Waals surface area contributed by atoms with Gasteiger partial charge in [0.2, 0.25) is 0 Å². The number of ether oxygens (including phenoxy) is 1. The lowest BCUT2D eigenvalue weighted by molar-refractivity contribution is 0.276. The summed E-state index contributed by atoms with van der Waals surface area (Å²) < 4.78 is 7.30. The van der Waals surface area contributed by atoms with Gasteiger partial charge in [0, 0.05) is 11.8 Å². The zero-order valence-corrected chi connectivity index (χ0v) is 11.5. The average molecular weight is 268 g/mol. The number of aliphatic hydroxyl groups excluding tert-OH is 1. The van der Waals surface area contributed by atoms with Crippen molar-refractivity contribution in [3.05, 3.63) is 53.9 Å². The van der Waals surface area contributed by atoms with Gasteiger partial charge in [0.1, 0.15) is 11.4 Å². The summed E-state index contributed by atoms with van der Waals surface area (Å²) in [6, 6.07) is 11.7. The van der Waals surface area contributed by atoms with Gasteiger partial charge in [-0.3, -0.25) is 0 Å². The number of aryl methyl sites for hydroxylation is 1. The Morgan fingerprint density at radius 2 is 2.05 bits per heavy atom. The van der Waals surface area contributed by atoms with Gasteiger partial charge in [-0.2, -0.15) is 0 Å². The van der Waals surface area contributed by atoms with Crippen molar-refractivity contribution >= 4 is 5.65 Å². The monoisotopic (exact) mass is 268 g/mol. The van der Waals surface area contributed by atoms with Crippen LogP contribution in [0.25, 0.3) is 16.9 Å². The van der Waals surface area contributed by atoms with Crippen molar-refractivity contribution < 1.29 is 9.84 Å². The number of nitrogens with zero attached hydrogens (tertiary/aromatic N) is 2. The largest absolute Gasteiger partial charge is 0.496 e. The summed E-state index contributed by atoms with van der Waals surface area (Å²) in [7, 11) is 1.64. The lowest BCUT2D eigenvalue weighted by Gasteiger charge is -2.07. The highest BCUT2D eigenvalue weighted by Crippen LogP contribution is 2.32. The first kappa shape index (κ1) is 12.7. The molecule has 2 heterocycles. The number of benzene rings is 1. The number of aliphatic hydroxyl groups is 1. The fourth-order valence-electron chi connectivity index (χ4n) is 2.40. The minimum Gasteiger partial charge on any atom is -0.496 e. The molecule has 102 valence electrons. The minimum absolute atomic E-state index is 0.0718. The summed E-state index contributed by atoms with van der Waals surface area (Å²) in [6.45, 7) is 1.95. The Morgan fingerprint density at radius 3 is 2.80 bits per heavy atom. The zero-order valence-electron chi connectivity index (χ0n) is 11.5. The van der Waals surface area contributed by atoms with Crippen LogP contribution >= 0.6 is 0 Å². The third-order valence-corrected chi connectivity index (χ3v) is 3.39. The van der Waals surface area contributed by atoms with Crippen molar-refractivity contribution in [2.45, 2.75) is 13.5 Å². The van der Waals surface area contributed by atoms with Gasteiger partial charge in [0.05, 0.1) is 25.1 Å². The predicted molar refractivity (Wildman–Crippen MR) is 77.8 cm³/mol. The van der Waals surface area contributed by atoms with Crippen molar-refractivity contribution in [1.82, 2.24) is 9.38 Å². The fourth-order valence-corrected chi connectivity index (χ4v) is 2.40. The van der Waals surface area contributed by atoms with Gasteiger partial charge in [-0.05, 0) is 36.8 Å². The van der Waals surface area contributed by atoms with Crippen LogP contribution in [0.3, 0.4) is 0 Å². The first-order valence-corrected chi connectivity index (χ1v) is 6.46. The second-order valence-electron chi connectivity index (χ2n) is 4.70. The molecule has 0 aliphatic heterocycles. The number of rotatable bonds is 3. The van der Waals surface area contributed by atoms with Crippen LogP contribution in [-0.4, -0.2) is 21.6 Å². The Balaban J connectivity index is 2.30. The Bertz CT molecular complexity index is 762. The van der Waals surface area contributed by atoms with E-state index in [4.69, 9.17) is 4.74 Å². The van der Waals surface area contributed by atoms with E-state index in [9.17, 15) is 5.11 Å². The smallest absolute Gasteiger partial charge is 0.138 e. The minimum atomic E-state index is -0.0718. The van der Waals surface area contributed by atoms with Crippen LogP contribution in [0.2, 0.25) is 0 Å². The van der Waals surface area contributed by atoms with Crippen molar-refractivity contribution in [3.63, 3.8) is 0 Å².